The van der Waals surface area contributed by atoms with Crippen LogP contribution >= 0.6 is 22.6 Å². The summed E-state index contributed by atoms with van der Waals surface area (Å²) in [6.07, 6.45) is 0. The molecule has 23 heavy (non-hydrogen) atoms. The van der Waals surface area contributed by atoms with Crippen LogP contribution in [0.2, 0.25) is 0 Å². The molecule has 0 aliphatic carbocycles. The molecule has 1 N–H and O–H groups in total. The van der Waals surface area contributed by atoms with Gasteiger partial charge in [0.1, 0.15) is 5.75 Å². The van der Waals surface area contributed by atoms with Crippen molar-refractivity contribution in [2.24, 2.45) is 0 Å². The Hall–Kier alpha value is -2.08. The smallest absolute Gasteiger partial charge is 0.262 e. The normalized spacial score (nSPS) is 10.5. The lowest BCUT2D eigenvalue weighted by Gasteiger charge is -2.11. The maximum atomic E-state index is 12.1. The molecule has 0 aromatic heterocycles. The van der Waals surface area contributed by atoms with E-state index in [1.807, 2.05) is 67.6 Å². The summed E-state index contributed by atoms with van der Waals surface area (Å²) in [6, 6.07) is 19.7. The third kappa shape index (κ3) is 3.82. The summed E-state index contributed by atoms with van der Waals surface area (Å²) < 4.78 is 6.85. The second-order valence-corrected chi connectivity index (χ2v) is 6.52. The van der Waals surface area contributed by atoms with Crippen molar-refractivity contribution in [3.8, 4) is 5.75 Å². The van der Waals surface area contributed by atoms with Crippen LogP contribution in [0.25, 0.3) is 10.8 Å². The predicted molar refractivity (Wildman–Crippen MR) is 102 cm³/mol. The first kappa shape index (κ1) is 15.8. The molecule has 116 valence electrons. The fraction of sp³-hybridized carbons (Fsp3) is 0.105. The molecule has 0 heterocycles. The number of rotatable bonds is 4. The number of benzene rings is 3. The number of halogens is 1. The lowest BCUT2D eigenvalue weighted by Crippen LogP contribution is -2.20. The van der Waals surface area contributed by atoms with E-state index in [2.05, 4.69) is 27.9 Å². The van der Waals surface area contributed by atoms with Crippen molar-refractivity contribution in [1.29, 1.82) is 0 Å². The van der Waals surface area contributed by atoms with E-state index in [9.17, 15) is 4.79 Å². The molecular weight excluding hydrogens is 401 g/mol. The van der Waals surface area contributed by atoms with Crippen molar-refractivity contribution in [2.75, 3.05) is 11.9 Å². The highest BCUT2D eigenvalue weighted by Gasteiger charge is 2.08. The summed E-state index contributed by atoms with van der Waals surface area (Å²) >= 11 is 2.25. The highest BCUT2D eigenvalue weighted by molar-refractivity contribution is 14.1. The zero-order chi connectivity index (χ0) is 16.2. The monoisotopic (exact) mass is 417 g/mol. The number of carbonyl (C=O) groups excluding carboxylic acids is 1. The molecule has 3 rings (SSSR count). The Morgan fingerprint density at radius 2 is 1.87 bits per heavy atom. The number of fused-ring (bicyclic) bond motifs is 1. The first-order valence-corrected chi connectivity index (χ1v) is 8.38. The second-order valence-electron chi connectivity index (χ2n) is 5.27. The van der Waals surface area contributed by atoms with Crippen LogP contribution in [0, 0.1) is 10.5 Å². The van der Waals surface area contributed by atoms with Crippen LogP contribution in [-0.2, 0) is 4.79 Å². The standard InChI is InChI=1S/C19H16INO2/c1-13-11-15(20)9-10-17(13)21-19(22)12-23-18-8-4-6-14-5-2-3-7-16(14)18/h2-11H,12H2,1H3,(H,21,22). The van der Waals surface area contributed by atoms with Crippen LogP contribution in [0.15, 0.2) is 60.7 Å². The SMILES string of the molecule is Cc1cc(I)ccc1NC(=O)COc1cccc2ccccc12. The van der Waals surface area contributed by atoms with Gasteiger partial charge in [-0.2, -0.15) is 0 Å². The van der Waals surface area contributed by atoms with Crippen LogP contribution in [0.4, 0.5) is 5.69 Å². The highest BCUT2D eigenvalue weighted by atomic mass is 127. The van der Waals surface area contributed by atoms with Gasteiger partial charge in [0.05, 0.1) is 0 Å². The molecular formula is C19H16INO2. The molecule has 4 heteroatoms. The Morgan fingerprint density at radius 3 is 2.70 bits per heavy atom. The Bertz CT molecular complexity index is 856. The minimum Gasteiger partial charge on any atom is -0.483 e. The van der Waals surface area contributed by atoms with Gasteiger partial charge in [0.2, 0.25) is 0 Å². The average Bonchev–Trinajstić information content (AvgIpc) is 2.55. The molecule has 3 aromatic carbocycles. The van der Waals surface area contributed by atoms with E-state index in [4.69, 9.17) is 4.74 Å². The second kappa shape index (κ2) is 7.00. The minimum atomic E-state index is -0.165. The zero-order valence-electron chi connectivity index (χ0n) is 12.7. The molecule has 0 bridgehead atoms. The molecule has 0 atom stereocenters. The Balaban J connectivity index is 1.69. The first-order chi connectivity index (χ1) is 11.1. The van der Waals surface area contributed by atoms with Gasteiger partial charge in [-0.1, -0.05) is 36.4 Å². The lowest BCUT2D eigenvalue weighted by molar-refractivity contribution is -0.118. The molecule has 3 aromatic rings. The number of nitrogens with one attached hydrogen (secondary N) is 1. The van der Waals surface area contributed by atoms with Gasteiger partial charge in [-0.05, 0) is 64.7 Å². The van der Waals surface area contributed by atoms with Crippen LogP contribution in [0.3, 0.4) is 0 Å². The number of hydrogen-bond donors (Lipinski definition) is 1. The maximum absolute atomic E-state index is 12.1. The largest absolute Gasteiger partial charge is 0.483 e. The summed E-state index contributed by atoms with van der Waals surface area (Å²) in [5, 5.41) is 4.99. The van der Waals surface area contributed by atoms with Crippen LogP contribution in [-0.4, -0.2) is 12.5 Å². The maximum Gasteiger partial charge on any atom is 0.262 e. The predicted octanol–water partition coefficient (Wildman–Crippen LogP) is 4.77. The van der Waals surface area contributed by atoms with E-state index in [-0.39, 0.29) is 12.5 Å². The first-order valence-electron chi connectivity index (χ1n) is 7.30. The van der Waals surface area contributed by atoms with E-state index >= 15 is 0 Å². The number of aryl methyl sites for hydroxylation is 1. The van der Waals surface area contributed by atoms with Crippen molar-refractivity contribution in [3.63, 3.8) is 0 Å². The van der Waals surface area contributed by atoms with Gasteiger partial charge in [0.15, 0.2) is 6.61 Å². The number of amides is 1. The molecule has 0 aliphatic rings. The van der Waals surface area contributed by atoms with E-state index in [0.717, 1.165) is 31.3 Å². The van der Waals surface area contributed by atoms with Gasteiger partial charge in [-0.25, -0.2) is 0 Å². The number of ether oxygens (including phenoxy) is 1. The summed E-state index contributed by atoms with van der Waals surface area (Å²) in [5.41, 5.74) is 1.85. The Kier molecular flexibility index (Phi) is 4.81. The molecule has 0 saturated carbocycles. The summed E-state index contributed by atoms with van der Waals surface area (Å²) in [4.78, 5) is 12.1. The fourth-order valence-electron chi connectivity index (χ4n) is 2.42. The molecule has 0 spiro atoms. The molecule has 0 unspecified atom stereocenters. The Labute approximate surface area is 148 Å². The van der Waals surface area contributed by atoms with Crippen LogP contribution < -0.4 is 10.1 Å². The van der Waals surface area contributed by atoms with Gasteiger partial charge >= 0.3 is 0 Å². The van der Waals surface area contributed by atoms with Gasteiger partial charge in [0.25, 0.3) is 5.91 Å². The van der Waals surface area contributed by atoms with Crippen LogP contribution in [0.5, 0.6) is 5.75 Å². The van der Waals surface area contributed by atoms with Crippen LogP contribution in [0.1, 0.15) is 5.56 Å². The van der Waals surface area contributed by atoms with E-state index in [1.165, 1.54) is 0 Å². The van der Waals surface area contributed by atoms with Crippen molar-refractivity contribution in [2.45, 2.75) is 6.92 Å². The summed E-state index contributed by atoms with van der Waals surface area (Å²) in [6.45, 7) is 1.96. The average molecular weight is 417 g/mol. The topological polar surface area (TPSA) is 38.3 Å². The fourth-order valence-corrected chi connectivity index (χ4v) is 3.07. The molecule has 1 amide bonds. The quantitative estimate of drug-likeness (QED) is 0.622. The number of carbonyl (C=O) groups is 1. The molecule has 0 aliphatic heterocycles. The van der Waals surface area contributed by atoms with Gasteiger partial charge in [-0.3, -0.25) is 4.79 Å². The third-order valence-electron chi connectivity index (χ3n) is 3.57. The van der Waals surface area contributed by atoms with E-state index in [0.29, 0.717) is 0 Å². The van der Waals surface area contributed by atoms with Crippen molar-refractivity contribution < 1.29 is 9.53 Å². The van der Waals surface area contributed by atoms with Crippen molar-refractivity contribution >= 4 is 45.0 Å². The van der Waals surface area contributed by atoms with Gasteiger partial charge in [0, 0.05) is 14.6 Å². The summed E-state index contributed by atoms with van der Waals surface area (Å²) in [7, 11) is 0. The lowest BCUT2D eigenvalue weighted by atomic mass is 10.1. The molecule has 0 saturated heterocycles. The van der Waals surface area contributed by atoms with E-state index < -0.39 is 0 Å². The molecule has 3 nitrogen and oxygen atoms in total. The molecule has 0 radical (unpaired) electrons. The number of hydrogen-bond acceptors (Lipinski definition) is 2. The number of anilines is 1. The van der Waals surface area contributed by atoms with Gasteiger partial charge < -0.3 is 10.1 Å². The summed E-state index contributed by atoms with van der Waals surface area (Å²) in [5.74, 6) is 0.555. The third-order valence-corrected chi connectivity index (χ3v) is 4.24. The Morgan fingerprint density at radius 1 is 1.09 bits per heavy atom. The van der Waals surface area contributed by atoms with Gasteiger partial charge in [-0.15, -0.1) is 0 Å². The van der Waals surface area contributed by atoms with E-state index in [1.54, 1.807) is 0 Å². The van der Waals surface area contributed by atoms with Crippen molar-refractivity contribution in [3.05, 3.63) is 69.8 Å². The minimum absolute atomic E-state index is 0.0145. The molecule has 0 fully saturated rings. The van der Waals surface area contributed by atoms with Crippen molar-refractivity contribution in [1.82, 2.24) is 0 Å². The zero-order valence-corrected chi connectivity index (χ0v) is 14.8. The highest BCUT2D eigenvalue weighted by Crippen LogP contribution is 2.25.